The summed E-state index contributed by atoms with van der Waals surface area (Å²) in [6, 6.07) is 16.0. The molecule has 0 aromatic heterocycles. The van der Waals surface area contributed by atoms with Crippen LogP contribution in [0.25, 0.3) is 0 Å². The van der Waals surface area contributed by atoms with Crippen molar-refractivity contribution >= 4 is 17.3 Å². The maximum Gasteiger partial charge on any atom is 0.199 e. The second kappa shape index (κ2) is 8.85. The zero-order valence-corrected chi connectivity index (χ0v) is 16.2. The molecule has 27 heavy (non-hydrogen) atoms. The Morgan fingerprint density at radius 2 is 1.48 bits per heavy atom. The highest BCUT2D eigenvalue weighted by molar-refractivity contribution is 6.30. The van der Waals surface area contributed by atoms with Gasteiger partial charge >= 0.3 is 0 Å². The minimum Gasteiger partial charge on any atom is -0.490 e. The monoisotopic (exact) mass is 387 g/mol. The van der Waals surface area contributed by atoms with E-state index < -0.39 is 0 Å². The predicted molar refractivity (Wildman–Crippen MR) is 108 cm³/mol. The maximum absolute atomic E-state index is 6.08. The molecular weight excluding hydrogens is 362 g/mol. The second-order valence-electron chi connectivity index (χ2n) is 7.17. The van der Waals surface area contributed by atoms with Crippen LogP contribution in [0.4, 0.5) is 5.69 Å². The van der Waals surface area contributed by atoms with Crippen molar-refractivity contribution in [1.82, 2.24) is 0 Å². The lowest BCUT2D eigenvalue weighted by Crippen LogP contribution is -2.38. The first-order chi connectivity index (χ1) is 13.3. The number of ether oxygens (including phenoxy) is 3. The Morgan fingerprint density at radius 1 is 0.815 bits per heavy atom. The van der Waals surface area contributed by atoms with Gasteiger partial charge in [0.05, 0.1) is 6.61 Å². The molecule has 0 aliphatic carbocycles. The van der Waals surface area contributed by atoms with Gasteiger partial charge in [0.15, 0.2) is 6.29 Å². The van der Waals surface area contributed by atoms with E-state index in [2.05, 4.69) is 17.0 Å². The van der Waals surface area contributed by atoms with Gasteiger partial charge in [0.1, 0.15) is 17.6 Å². The summed E-state index contributed by atoms with van der Waals surface area (Å²) in [4.78, 5) is 2.41. The molecule has 4 rings (SSSR count). The minimum absolute atomic E-state index is 0.0923. The van der Waals surface area contributed by atoms with Crippen molar-refractivity contribution in [2.75, 3.05) is 24.6 Å². The first-order valence-electron chi connectivity index (χ1n) is 9.82. The Morgan fingerprint density at radius 3 is 2.15 bits per heavy atom. The number of hydrogen-bond acceptors (Lipinski definition) is 4. The molecule has 2 aliphatic heterocycles. The topological polar surface area (TPSA) is 30.9 Å². The third kappa shape index (κ3) is 5.08. The average Bonchev–Trinajstić information content (AvgIpc) is 2.72. The molecule has 1 atom stereocenters. The smallest absolute Gasteiger partial charge is 0.199 e. The van der Waals surface area contributed by atoms with Crippen LogP contribution in [0.2, 0.25) is 5.02 Å². The van der Waals surface area contributed by atoms with Crippen LogP contribution in [0.15, 0.2) is 48.5 Å². The van der Waals surface area contributed by atoms with Crippen LogP contribution < -0.4 is 14.4 Å². The van der Waals surface area contributed by atoms with Gasteiger partial charge in [-0.25, -0.2) is 0 Å². The predicted octanol–water partition coefficient (Wildman–Crippen LogP) is 5.29. The van der Waals surface area contributed by atoms with E-state index in [9.17, 15) is 0 Å². The number of halogens is 1. The highest BCUT2D eigenvalue weighted by Crippen LogP contribution is 2.27. The maximum atomic E-state index is 6.08. The van der Waals surface area contributed by atoms with Crippen LogP contribution in [0, 0.1) is 0 Å². The van der Waals surface area contributed by atoms with E-state index >= 15 is 0 Å². The Balaban J connectivity index is 1.27. The molecule has 0 amide bonds. The molecule has 2 aromatic carbocycles. The summed E-state index contributed by atoms with van der Waals surface area (Å²) in [5.41, 5.74) is 1.23. The number of anilines is 1. The largest absolute Gasteiger partial charge is 0.490 e. The van der Waals surface area contributed by atoms with Gasteiger partial charge in [-0.2, -0.15) is 0 Å². The van der Waals surface area contributed by atoms with Crippen LogP contribution in [0.5, 0.6) is 11.5 Å². The summed E-state index contributed by atoms with van der Waals surface area (Å²) in [7, 11) is 0. The molecule has 0 bridgehead atoms. The van der Waals surface area contributed by atoms with Gasteiger partial charge in [0, 0.05) is 43.1 Å². The lowest BCUT2D eigenvalue weighted by atomic mass is 10.1. The number of hydrogen-bond donors (Lipinski definition) is 0. The van der Waals surface area contributed by atoms with Gasteiger partial charge in [-0.3, -0.25) is 0 Å². The fraction of sp³-hybridized carbons (Fsp3) is 0.455. The lowest BCUT2D eigenvalue weighted by Gasteiger charge is -2.34. The van der Waals surface area contributed by atoms with E-state index in [0.717, 1.165) is 61.9 Å². The summed E-state index contributed by atoms with van der Waals surface area (Å²) < 4.78 is 17.6. The van der Waals surface area contributed by atoms with Crippen LogP contribution in [-0.4, -0.2) is 32.1 Å². The van der Waals surface area contributed by atoms with Crippen LogP contribution in [0.1, 0.15) is 32.1 Å². The summed E-state index contributed by atoms with van der Waals surface area (Å²) >= 11 is 5.93. The second-order valence-corrected chi connectivity index (χ2v) is 7.60. The van der Waals surface area contributed by atoms with Gasteiger partial charge < -0.3 is 19.1 Å². The summed E-state index contributed by atoms with van der Waals surface area (Å²) in [5, 5.41) is 0.736. The Hall–Kier alpha value is -1.91. The molecular formula is C22H26ClNO3. The lowest BCUT2D eigenvalue weighted by molar-refractivity contribution is -0.105. The normalized spacial score (nSPS) is 21.1. The molecule has 1 unspecified atom stereocenters. The van der Waals surface area contributed by atoms with Gasteiger partial charge in [-0.1, -0.05) is 11.6 Å². The number of benzene rings is 2. The van der Waals surface area contributed by atoms with Crippen molar-refractivity contribution in [3.63, 3.8) is 0 Å². The van der Waals surface area contributed by atoms with Crippen LogP contribution in [0.3, 0.4) is 0 Å². The molecule has 2 fully saturated rings. The van der Waals surface area contributed by atoms with Gasteiger partial charge in [-0.05, 0) is 61.4 Å². The van der Waals surface area contributed by atoms with E-state index in [1.807, 2.05) is 36.4 Å². The third-order valence-corrected chi connectivity index (χ3v) is 5.42. The van der Waals surface area contributed by atoms with E-state index in [0.29, 0.717) is 0 Å². The first kappa shape index (κ1) is 18.5. The van der Waals surface area contributed by atoms with Crippen molar-refractivity contribution in [2.45, 2.75) is 44.5 Å². The highest BCUT2D eigenvalue weighted by atomic mass is 35.5. The summed E-state index contributed by atoms with van der Waals surface area (Å²) in [6.07, 6.45) is 5.47. The zero-order valence-electron chi connectivity index (χ0n) is 15.5. The minimum atomic E-state index is -0.0923. The molecule has 2 aromatic rings. The van der Waals surface area contributed by atoms with Gasteiger partial charge in [0.25, 0.3) is 0 Å². The fourth-order valence-electron chi connectivity index (χ4n) is 3.63. The van der Waals surface area contributed by atoms with Crippen LogP contribution >= 0.6 is 11.6 Å². The van der Waals surface area contributed by atoms with Crippen molar-refractivity contribution in [1.29, 1.82) is 0 Å². The number of nitrogens with zero attached hydrogens (tertiary/aromatic N) is 1. The molecule has 0 N–H and O–H groups in total. The van der Waals surface area contributed by atoms with E-state index in [1.54, 1.807) is 0 Å². The van der Waals surface area contributed by atoms with Crippen molar-refractivity contribution in [3.8, 4) is 11.5 Å². The van der Waals surface area contributed by atoms with Crippen molar-refractivity contribution in [2.24, 2.45) is 0 Å². The third-order valence-electron chi connectivity index (χ3n) is 5.17. The molecule has 0 spiro atoms. The van der Waals surface area contributed by atoms with Crippen molar-refractivity contribution < 1.29 is 14.2 Å². The van der Waals surface area contributed by atoms with Gasteiger partial charge in [-0.15, -0.1) is 0 Å². The fourth-order valence-corrected chi connectivity index (χ4v) is 3.75. The summed E-state index contributed by atoms with van der Waals surface area (Å²) in [5.74, 6) is 1.77. The average molecular weight is 388 g/mol. The Bertz CT molecular complexity index is 705. The molecule has 0 saturated carbocycles. The molecule has 2 heterocycles. The van der Waals surface area contributed by atoms with E-state index in [1.165, 1.54) is 12.1 Å². The SMILES string of the molecule is Clc1ccc(OC2CCN(c3ccc(OC4CCCCO4)cc3)CC2)cc1. The molecule has 2 saturated heterocycles. The van der Waals surface area contributed by atoms with Crippen LogP contribution in [-0.2, 0) is 4.74 Å². The Labute approximate surface area is 166 Å². The molecule has 4 nitrogen and oxygen atoms in total. The van der Waals surface area contributed by atoms with Crippen molar-refractivity contribution in [3.05, 3.63) is 53.6 Å². The zero-order chi connectivity index (χ0) is 18.5. The standard InChI is InChI=1S/C22H26ClNO3/c23-17-4-8-19(9-5-17)26-21-12-14-24(15-13-21)18-6-10-20(11-7-18)27-22-3-1-2-16-25-22/h4-11,21-22H,1-3,12-16H2. The highest BCUT2D eigenvalue weighted by Gasteiger charge is 2.21. The van der Waals surface area contributed by atoms with E-state index in [-0.39, 0.29) is 12.4 Å². The van der Waals surface area contributed by atoms with Gasteiger partial charge in [0.2, 0.25) is 0 Å². The molecule has 2 aliphatic rings. The van der Waals surface area contributed by atoms with E-state index in [4.69, 9.17) is 25.8 Å². The molecule has 0 radical (unpaired) electrons. The first-order valence-corrected chi connectivity index (χ1v) is 10.2. The molecule has 5 heteroatoms. The number of rotatable bonds is 5. The summed E-state index contributed by atoms with van der Waals surface area (Å²) in [6.45, 7) is 2.78. The quantitative estimate of drug-likeness (QED) is 0.697. The number of piperidine rings is 1. The molecule has 144 valence electrons. The Kier molecular flexibility index (Phi) is 6.05.